The molecule has 1 aliphatic heterocycles. The molecule has 1 unspecified atom stereocenters. The summed E-state index contributed by atoms with van der Waals surface area (Å²) in [5.41, 5.74) is 1.16. The van der Waals surface area contributed by atoms with Gasteiger partial charge in [-0.15, -0.1) is 11.3 Å². The molecule has 84 valence electrons. The molecule has 1 atom stereocenters. The molecule has 0 aliphatic carbocycles. The smallest absolute Gasteiger partial charge is 0.0982 e. The summed E-state index contributed by atoms with van der Waals surface area (Å²) in [6.07, 6.45) is 3.92. The van der Waals surface area contributed by atoms with E-state index in [1.165, 1.54) is 35.5 Å². The molecule has 1 aromatic heterocycles. The monoisotopic (exact) mass is 232 g/mol. The second kappa shape index (κ2) is 4.52. The standard InChI is InChI=1S/C13H16N2S/c1-2-7-12-11(6-1)15-13(16-12)10-5-3-4-8-14-9-10/h1-2,6-7,10,14H,3-5,8-9H2. The fourth-order valence-corrected chi connectivity index (χ4v) is 3.40. The van der Waals surface area contributed by atoms with E-state index in [0.717, 1.165) is 12.1 Å². The molecular formula is C13H16N2S. The van der Waals surface area contributed by atoms with Gasteiger partial charge in [0.05, 0.1) is 15.2 Å². The maximum absolute atomic E-state index is 4.76. The number of rotatable bonds is 1. The maximum atomic E-state index is 4.76. The summed E-state index contributed by atoms with van der Waals surface area (Å²) in [5.74, 6) is 0.625. The summed E-state index contributed by atoms with van der Waals surface area (Å²) >= 11 is 1.86. The van der Waals surface area contributed by atoms with E-state index < -0.39 is 0 Å². The summed E-state index contributed by atoms with van der Waals surface area (Å²) in [5, 5.41) is 4.82. The molecule has 0 bridgehead atoms. The number of nitrogens with zero attached hydrogens (tertiary/aromatic N) is 1. The van der Waals surface area contributed by atoms with Gasteiger partial charge in [0, 0.05) is 12.5 Å². The largest absolute Gasteiger partial charge is 0.316 e. The van der Waals surface area contributed by atoms with Crippen LogP contribution in [0.1, 0.15) is 30.2 Å². The number of fused-ring (bicyclic) bond motifs is 1. The predicted molar refractivity (Wildman–Crippen MR) is 69.1 cm³/mol. The third-order valence-electron chi connectivity index (χ3n) is 3.21. The molecule has 3 rings (SSSR count). The summed E-state index contributed by atoms with van der Waals surface area (Å²) in [6.45, 7) is 2.27. The van der Waals surface area contributed by atoms with Crippen molar-refractivity contribution in [3.05, 3.63) is 29.3 Å². The molecule has 0 spiro atoms. The Labute approximate surface area is 99.7 Å². The van der Waals surface area contributed by atoms with Gasteiger partial charge in [-0.05, 0) is 31.5 Å². The molecule has 2 aromatic rings. The molecule has 1 fully saturated rings. The van der Waals surface area contributed by atoms with Crippen LogP contribution < -0.4 is 5.32 Å². The molecule has 1 aromatic carbocycles. The van der Waals surface area contributed by atoms with Crippen LogP contribution in [0.25, 0.3) is 10.2 Å². The molecule has 0 saturated carbocycles. The highest BCUT2D eigenvalue weighted by Crippen LogP contribution is 2.30. The Balaban J connectivity index is 1.92. The lowest BCUT2D eigenvalue weighted by Crippen LogP contribution is -2.19. The zero-order valence-electron chi connectivity index (χ0n) is 9.28. The SMILES string of the molecule is c1ccc2sc(C3CCCCNC3)nc2c1. The quantitative estimate of drug-likeness (QED) is 0.817. The van der Waals surface area contributed by atoms with Gasteiger partial charge in [0.1, 0.15) is 0 Å². The first-order chi connectivity index (χ1) is 7.93. The van der Waals surface area contributed by atoms with Crippen LogP contribution in [0.3, 0.4) is 0 Å². The Hall–Kier alpha value is -0.930. The van der Waals surface area contributed by atoms with E-state index in [4.69, 9.17) is 4.98 Å². The van der Waals surface area contributed by atoms with Gasteiger partial charge in [0.15, 0.2) is 0 Å². The Kier molecular flexibility index (Phi) is 2.89. The van der Waals surface area contributed by atoms with Gasteiger partial charge in [-0.25, -0.2) is 4.98 Å². The highest BCUT2D eigenvalue weighted by molar-refractivity contribution is 7.18. The van der Waals surface area contributed by atoms with Crippen LogP contribution in [0.2, 0.25) is 0 Å². The van der Waals surface area contributed by atoms with Gasteiger partial charge in [-0.3, -0.25) is 0 Å². The lowest BCUT2D eigenvalue weighted by Gasteiger charge is -2.09. The van der Waals surface area contributed by atoms with Crippen LogP contribution >= 0.6 is 11.3 Å². The van der Waals surface area contributed by atoms with Gasteiger partial charge in [0.25, 0.3) is 0 Å². The van der Waals surface area contributed by atoms with Gasteiger partial charge in [-0.1, -0.05) is 18.6 Å². The molecule has 1 saturated heterocycles. The van der Waals surface area contributed by atoms with Gasteiger partial charge >= 0.3 is 0 Å². The third-order valence-corrected chi connectivity index (χ3v) is 4.41. The molecule has 0 radical (unpaired) electrons. The van der Waals surface area contributed by atoms with E-state index in [0.29, 0.717) is 5.92 Å². The van der Waals surface area contributed by atoms with Gasteiger partial charge in [-0.2, -0.15) is 0 Å². The number of aromatic nitrogens is 1. The van der Waals surface area contributed by atoms with Crippen molar-refractivity contribution in [2.45, 2.75) is 25.2 Å². The second-order valence-corrected chi connectivity index (χ2v) is 5.48. The number of nitrogens with one attached hydrogen (secondary N) is 1. The molecule has 1 N–H and O–H groups in total. The average Bonchev–Trinajstić information content (AvgIpc) is 2.56. The summed E-state index contributed by atoms with van der Waals surface area (Å²) in [4.78, 5) is 4.76. The van der Waals surface area contributed by atoms with Gasteiger partial charge < -0.3 is 5.32 Å². The zero-order valence-corrected chi connectivity index (χ0v) is 10.1. The molecular weight excluding hydrogens is 216 g/mol. The van der Waals surface area contributed by atoms with Gasteiger partial charge in [0.2, 0.25) is 0 Å². The number of hydrogen-bond donors (Lipinski definition) is 1. The Morgan fingerprint density at radius 3 is 3.12 bits per heavy atom. The fraction of sp³-hybridized carbons (Fsp3) is 0.462. The van der Waals surface area contributed by atoms with Crippen molar-refractivity contribution in [3.8, 4) is 0 Å². The minimum atomic E-state index is 0.625. The van der Waals surface area contributed by atoms with Crippen molar-refractivity contribution in [3.63, 3.8) is 0 Å². The van der Waals surface area contributed by atoms with Crippen molar-refractivity contribution in [1.29, 1.82) is 0 Å². The van der Waals surface area contributed by atoms with Crippen LogP contribution in [0.15, 0.2) is 24.3 Å². The van der Waals surface area contributed by atoms with Crippen LogP contribution in [-0.2, 0) is 0 Å². The van der Waals surface area contributed by atoms with E-state index in [1.807, 2.05) is 11.3 Å². The minimum Gasteiger partial charge on any atom is -0.316 e. The summed E-state index contributed by atoms with van der Waals surface area (Å²) < 4.78 is 1.32. The van der Waals surface area contributed by atoms with Crippen LogP contribution in [0.4, 0.5) is 0 Å². The molecule has 3 heteroatoms. The topological polar surface area (TPSA) is 24.9 Å². The van der Waals surface area contributed by atoms with E-state index in [9.17, 15) is 0 Å². The van der Waals surface area contributed by atoms with Crippen molar-refractivity contribution in [2.75, 3.05) is 13.1 Å². The number of para-hydroxylation sites is 1. The first-order valence-corrected chi connectivity index (χ1v) is 6.81. The van der Waals surface area contributed by atoms with Crippen LogP contribution in [0.5, 0.6) is 0 Å². The number of benzene rings is 1. The van der Waals surface area contributed by atoms with E-state index in [2.05, 4.69) is 29.6 Å². The van der Waals surface area contributed by atoms with E-state index >= 15 is 0 Å². The van der Waals surface area contributed by atoms with Crippen molar-refractivity contribution < 1.29 is 0 Å². The zero-order chi connectivity index (χ0) is 10.8. The fourth-order valence-electron chi connectivity index (χ4n) is 2.29. The molecule has 0 amide bonds. The van der Waals surface area contributed by atoms with Crippen molar-refractivity contribution in [1.82, 2.24) is 10.3 Å². The highest BCUT2D eigenvalue weighted by atomic mass is 32.1. The first kappa shape index (κ1) is 10.2. The molecule has 2 heterocycles. The van der Waals surface area contributed by atoms with Crippen LogP contribution in [0, 0.1) is 0 Å². The molecule has 2 nitrogen and oxygen atoms in total. The second-order valence-electron chi connectivity index (χ2n) is 4.42. The Morgan fingerprint density at radius 1 is 1.25 bits per heavy atom. The summed E-state index contributed by atoms with van der Waals surface area (Å²) in [7, 11) is 0. The third kappa shape index (κ3) is 1.97. The number of hydrogen-bond acceptors (Lipinski definition) is 3. The Morgan fingerprint density at radius 2 is 2.19 bits per heavy atom. The van der Waals surface area contributed by atoms with Crippen molar-refractivity contribution in [2.24, 2.45) is 0 Å². The lowest BCUT2D eigenvalue weighted by atomic mass is 10.0. The molecule has 16 heavy (non-hydrogen) atoms. The number of thiazole rings is 1. The van der Waals surface area contributed by atoms with E-state index in [1.54, 1.807) is 0 Å². The minimum absolute atomic E-state index is 0.625. The average molecular weight is 232 g/mol. The normalized spacial score (nSPS) is 22.1. The Bertz CT molecular complexity index is 436. The molecule has 1 aliphatic rings. The van der Waals surface area contributed by atoms with Crippen LogP contribution in [-0.4, -0.2) is 18.1 Å². The maximum Gasteiger partial charge on any atom is 0.0982 e. The lowest BCUT2D eigenvalue weighted by molar-refractivity contribution is 0.608. The summed E-state index contributed by atoms with van der Waals surface area (Å²) in [6, 6.07) is 8.44. The van der Waals surface area contributed by atoms with E-state index in [-0.39, 0.29) is 0 Å². The predicted octanol–water partition coefficient (Wildman–Crippen LogP) is 3.15. The van der Waals surface area contributed by atoms with Crippen molar-refractivity contribution >= 4 is 21.6 Å². The first-order valence-electron chi connectivity index (χ1n) is 6.00. The highest BCUT2D eigenvalue weighted by Gasteiger charge is 2.17.